The molecule has 3 nitrogen and oxygen atoms in total. The smallest absolute Gasteiger partial charge is 0.299 e. The van der Waals surface area contributed by atoms with Crippen molar-refractivity contribution in [3.63, 3.8) is 0 Å². The first-order chi connectivity index (χ1) is 3.33. The maximum atomic E-state index is 9.06. The molecule has 0 N–H and O–H groups in total. The molecule has 0 aliphatic carbocycles. The minimum absolute atomic E-state index is 0.250. The third-order valence-corrected chi connectivity index (χ3v) is 0.0962. The van der Waals surface area contributed by atoms with Crippen molar-refractivity contribution in [2.45, 2.75) is 0 Å². The predicted octanol–water partition coefficient (Wildman–Crippen LogP) is -0.212. The molecule has 0 aliphatic heterocycles. The van der Waals surface area contributed by atoms with Gasteiger partial charge in [-0.3, -0.25) is 4.79 Å². The van der Waals surface area contributed by atoms with Crippen molar-refractivity contribution in [2.24, 2.45) is 0 Å². The van der Waals surface area contributed by atoms with Gasteiger partial charge in [-0.1, -0.05) is 6.58 Å². The van der Waals surface area contributed by atoms with E-state index in [9.17, 15) is 0 Å². The van der Waals surface area contributed by atoms with Gasteiger partial charge in [-0.15, -0.1) is 0 Å². The van der Waals surface area contributed by atoms with Crippen molar-refractivity contribution < 1.29 is 14.4 Å². The van der Waals surface area contributed by atoms with E-state index in [0.717, 1.165) is 0 Å². The van der Waals surface area contributed by atoms with Crippen LogP contribution >= 0.6 is 0 Å². The Morgan fingerprint density at radius 1 is 1.43 bits per heavy atom. The van der Waals surface area contributed by atoms with E-state index >= 15 is 0 Å². The van der Waals surface area contributed by atoms with Crippen molar-refractivity contribution in [2.75, 3.05) is 0 Å². The Bertz CT molecular complexity index is 72.9. The maximum absolute atomic E-state index is 9.06. The summed E-state index contributed by atoms with van der Waals surface area (Å²) in [4.78, 5) is 25.3. The highest BCUT2D eigenvalue weighted by Crippen LogP contribution is 1.35. The van der Waals surface area contributed by atoms with Crippen molar-refractivity contribution in [3.8, 4) is 0 Å². The zero-order valence-electron chi connectivity index (χ0n) is 3.59. The molecule has 0 aliphatic rings. The van der Waals surface area contributed by atoms with Crippen LogP contribution in [0.25, 0.3) is 0 Å². The fourth-order valence-electron chi connectivity index (χ4n) is 0. The molecule has 38 valence electrons. The van der Waals surface area contributed by atoms with Gasteiger partial charge in [0.25, 0.3) is 0 Å². The molecule has 0 spiro atoms. The Balaban J connectivity index is 0. The molecule has 0 aromatic heterocycles. The molecule has 0 unspecified atom stereocenters. The molecule has 0 saturated heterocycles. The van der Waals surface area contributed by atoms with Crippen LogP contribution in [0.3, 0.4) is 0 Å². The van der Waals surface area contributed by atoms with Crippen LogP contribution in [0.2, 0.25) is 0 Å². The number of aldehydes is 1. The lowest BCUT2D eigenvalue weighted by Gasteiger charge is -1.37. The van der Waals surface area contributed by atoms with Crippen molar-refractivity contribution >= 4 is 12.4 Å². The molecule has 7 heavy (non-hydrogen) atoms. The van der Waals surface area contributed by atoms with E-state index in [1.807, 2.05) is 0 Å². The average Bonchev–Trinajstić information content (AvgIpc) is 1.69. The molecule has 0 radical (unpaired) electrons. The topological polar surface area (TPSA) is 51.2 Å². The normalized spacial score (nSPS) is 4.00. The summed E-state index contributed by atoms with van der Waals surface area (Å²) in [5.74, 6) is 0. The van der Waals surface area contributed by atoms with Crippen LogP contribution in [0.15, 0.2) is 12.7 Å². The van der Waals surface area contributed by atoms with E-state index in [1.165, 1.54) is 6.08 Å². The maximum Gasteiger partial charge on any atom is 0.373 e. The van der Waals surface area contributed by atoms with Crippen LogP contribution < -0.4 is 0 Å². The van der Waals surface area contributed by atoms with Crippen LogP contribution in [-0.2, 0) is 14.4 Å². The predicted molar refractivity (Wildman–Crippen MR) is 21.3 cm³/mol. The van der Waals surface area contributed by atoms with Crippen LogP contribution in [0.4, 0.5) is 0 Å². The first-order valence-electron chi connectivity index (χ1n) is 1.39. The minimum atomic E-state index is 0.250. The van der Waals surface area contributed by atoms with Gasteiger partial charge in [-0.05, 0) is 6.08 Å². The standard InChI is InChI=1S/C3H4O.CO2/c1-2-3-4;2-1-3/h2-3H,1H2;. The van der Waals surface area contributed by atoms with E-state index in [2.05, 4.69) is 6.58 Å². The third-order valence-electron chi connectivity index (χ3n) is 0.0962. The molecule has 0 aromatic rings. The first-order valence-corrected chi connectivity index (χ1v) is 1.39. The van der Waals surface area contributed by atoms with Gasteiger partial charge in [-0.25, -0.2) is 0 Å². The summed E-state index contributed by atoms with van der Waals surface area (Å²) >= 11 is 0. The zero-order valence-corrected chi connectivity index (χ0v) is 3.59. The molecular weight excluding hydrogens is 96.0 g/mol. The van der Waals surface area contributed by atoms with E-state index in [4.69, 9.17) is 14.4 Å². The summed E-state index contributed by atoms with van der Waals surface area (Å²) < 4.78 is 0. The van der Waals surface area contributed by atoms with Gasteiger partial charge in [0.2, 0.25) is 0 Å². The summed E-state index contributed by atoms with van der Waals surface area (Å²) in [6, 6.07) is 0. The molecule has 0 saturated carbocycles. The lowest BCUT2D eigenvalue weighted by molar-refractivity contribution is -0.191. The highest BCUT2D eigenvalue weighted by atomic mass is 16.2. The van der Waals surface area contributed by atoms with Gasteiger partial charge in [0.05, 0.1) is 0 Å². The molecule has 0 bridgehead atoms. The number of rotatable bonds is 1. The Morgan fingerprint density at radius 2 is 1.57 bits per heavy atom. The monoisotopic (exact) mass is 100 g/mol. The fourth-order valence-corrected chi connectivity index (χ4v) is 0. The second-order valence-electron chi connectivity index (χ2n) is 0.455. The lowest BCUT2D eigenvalue weighted by Crippen LogP contribution is -1.44. The zero-order chi connectivity index (χ0) is 6.12. The second kappa shape index (κ2) is 21.5. The van der Waals surface area contributed by atoms with E-state index < -0.39 is 0 Å². The van der Waals surface area contributed by atoms with Gasteiger partial charge >= 0.3 is 6.15 Å². The Labute approximate surface area is 40.6 Å². The largest absolute Gasteiger partial charge is 0.373 e. The molecule has 0 aromatic carbocycles. The Kier molecular flexibility index (Phi) is 28.4. The van der Waals surface area contributed by atoms with Crippen molar-refractivity contribution in [3.05, 3.63) is 12.7 Å². The number of carbonyl (C=O) groups is 1. The summed E-state index contributed by atoms with van der Waals surface area (Å²) in [5, 5.41) is 0. The molecular formula is C4H4O3. The second-order valence-corrected chi connectivity index (χ2v) is 0.455. The highest BCUT2D eigenvalue weighted by molar-refractivity contribution is 5.63. The van der Waals surface area contributed by atoms with E-state index in [1.54, 1.807) is 0 Å². The van der Waals surface area contributed by atoms with Crippen LogP contribution in [0.5, 0.6) is 0 Å². The molecule has 0 atom stereocenters. The van der Waals surface area contributed by atoms with Gasteiger partial charge in [0, 0.05) is 0 Å². The van der Waals surface area contributed by atoms with Gasteiger partial charge < -0.3 is 0 Å². The van der Waals surface area contributed by atoms with E-state index in [-0.39, 0.29) is 6.15 Å². The molecule has 0 rings (SSSR count). The van der Waals surface area contributed by atoms with Crippen LogP contribution in [0, 0.1) is 0 Å². The summed E-state index contributed by atoms with van der Waals surface area (Å²) in [7, 11) is 0. The Morgan fingerprint density at radius 3 is 1.57 bits per heavy atom. The number of allylic oxidation sites excluding steroid dienone is 1. The number of carbonyl (C=O) groups excluding carboxylic acids is 3. The number of hydrogen-bond acceptors (Lipinski definition) is 3. The van der Waals surface area contributed by atoms with Crippen molar-refractivity contribution in [1.29, 1.82) is 0 Å². The first kappa shape index (κ1) is 9.25. The van der Waals surface area contributed by atoms with Gasteiger partial charge in [-0.2, -0.15) is 9.59 Å². The molecule has 0 heterocycles. The molecule has 0 fully saturated rings. The quantitative estimate of drug-likeness (QED) is 0.338. The van der Waals surface area contributed by atoms with E-state index in [0.29, 0.717) is 6.29 Å². The van der Waals surface area contributed by atoms with Gasteiger partial charge in [0.1, 0.15) is 6.29 Å². The van der Waals surface area contributed by atoms with Crippen LogP contribution in [0.1, 0.15) is 0 Å². The Hall–Kier alpha value is -1.21. The van der Waals surface area contributed by atoms with Crippen LogP contribution in [-0.4, -0.2) is 12.4 Å². The number of hydrogen-bond donors (Lipinski definition) is 0. The third kappa shape index (κ3) is 845. The minimum Gasteiger partial charge on any atom is -0.299 e. The summed E-state index contributed by atoms with van der Waals surface area (Å²) in [6.07, 6.45) is 2.08. The molecule has 0 amide bonds. The highest BCUT2D eigenvalue weighted by Gasteiger charge is 1.38. The SMILES string of the molecule is C=CC=O.O=C=O. The average molecular weight is 100 g/mol. The summed E-state index contributed by atoms with van der Waals surface area (Å²) in [6.45, 7) is 3.11. The summed E-state index contributed by atoms with van der Waals surface area (Å²) in [5.41, 5.74) is 0. The lowest BCUT2D eigenvalue weighted by atomic mass is 10.8. The van der Waals surface area contributed by atoms with Gasteiger partial charge in [0.15, 0.2) is 0 Å². The molecule has 3 heteroatoms. The van der Waals surface area contributed by atoms with Crippen molar-refractivity contribution in [1.82, 2.24) is 0 Å². The fraction of sp³-hybridized carbons (Fsp3) is 0.